The second kappa shape index (κ2) is 5.50. The van der Waals surface area contributed by atoms with E-state index in [1.807, 2.05) is 6.07 Å². The van der Waals surface area contributed by atoms with Crippen LogP contribution in [0.4, 0.5) is 0 Å². The highest BCUT2D eigenvalue weighted by Crippen LogP contribution is 1.93. The van der Waals surface area contributed by atoms with E-state index in [-0.39, 0.29) is 5.91 Å². The molecule has 0 spiro atoms. The average Bonchev–Trinajstić information content (AvgIpc) is 2.41. The third-order valence-corrected chi connectivity index (χ3v) is 1.96. The minimum atomic E-state index is -0.342. The fraction of sp³-hybridized carbons (Fsp3) is 0. The predicted molar refractivity (Wildman–Crippen MR) is 63.5 cm³/mol. The monoisotopic (exact) mass is 226 g/mol. The van der Waals surface area contributed by atoms with Crippen LogP contribution < -0.4 is 5.43 Å². The van der Waals surface area contributed by atoms with E-state index in [9.17, 15) is 4.79 Å². The zero-order valence-electron chi connectivity index (χ0n) is 8.95. The Bertz CT molecular complexity index is 511. The van der Waals surface area contributed by atoms with Gasteiger partial charge in [0, 0.05) is 24.2 Å². The Morgan fingerprint density at radius 2 is 2.18 bits per heavy atom. The Morgan fingerprint density at radius 3 is 2.88 bits per heavy atom. The van der Waals surface area contributed by atoms with Crippen molar-refractivity contribution in [3.8, 4) is 0 Å². The third kappa shape index (κ3) is 3.20. The van der Waals surface area contributed by atoms with Crippen LogP contribution in [0.5, 0.6) is 0 Å². The molecule has 2 heterocycles. The Hall–Kier alpha value is -2.56. The van der Waals surface area contributed by atoms with Crippen LogP contribution in [0.2, 0.25) is 0 Å². The Balaban J connectivity index is 1.95. The van der Waals surface area contributed by atoms with Crippen molar-refractivity contribution < 1.29 is 4.79 Å². The molecule has 17 heavy (non-hydrogen) atoms. The summed E-state index contributed by atoms with van der Waals surface area (Å²) in [5.74, 6) is -0.342. The minimum absolute atomic E-state index is 0.329. The van der Waals surface area contributed by atoms with Crippen molar-refractivity contribution in [3.05, 3.63) is 60.2 Å². The largest absolute Gasteiger partial charge is 0.289 e. The molecule has 2 aromatic heterocycles. The van der Waals surface area contributed by atoms with Gasteiger partial charge in [-0.1, -0.05) is 12.1 Å². The first-order valence-corrected chi connectivity index (χ1v) is 5.01. The van der Waals surface area contributed by atoms with Crippen molar-refractivity contribution in [1.82, 2.24) is 15.4 Å². The van der Waals surface area contributed by atoms with Gasteiger partial charge in [0.25, 0.3) is 5.91 Å². The number of pyridine rings is 2. The quantitative estimate of drug-likeness (QED) is 0.632. The van der Waals surface area contributed by atoms with Gasteiger partial charge in [0.1, 0.15) is 5.69 Å². The Morgan fingerprint density at radius 1 is 1.24 bits per heavy atom. The van der Waals surface area contributed by atoms with E-state index < -0.39 is 0 Å². The van der Waals surface area contributed by atoms with Crippen LogP contribution in [0.1, 0.15) is 16.1 Å². The molecule has 5 nitrogen and oxygen atoms in total. The van der Waals surface area contributed by atoms with Gasteiger partial charge in [0.15, 0.2) is 0 Å². The highest BCUT2D eigenvalue weighted by atomic mass is 16.2. The number of carbonyl (C=O) groups excluding carboxylic acids is 1. The maximum atomic E-state index is 11.5. The van der Waals surface area contributed by atoms with Crippen molar-refractivity contribution in [2.45, 2.75) is 0 Å². The number of amides is 1. The van der Waals surface area contributed by atoms with Crippen molar-refractivity contribution in [2.75, 3.05) is 0 Å². The molecule has 0 aliphatic rings. The summed E-state index contributed by atoms with van der Waals surface area (Å²) in [5.41, 5.74) is 3.53. The van der Waals surface area contributed by atoms with Gasteiger partial charge in [0.2, 0.25) is 0 Å². The number of nitrogens with zero attached hydrogens (tertiary/aromatic N) is 3. The lowest BCUT2D eigenvalue weighted by atomic mass is 10.3. The van der Waals surface area contributed by atoms with E-state index in [1.54, 1.807) is 42.9 Å². The number of carbonyl (C=O) groups is 1. The molecule has 0 atom stereocenters. The zero-order chi connectivity index (χ0) is 11.9. The van der Waals surface area contributed by atoms with E-state index in [0.717, 1.165) is 5.56 Å². The van der Waals surface area contributed by atoms with Gasteiger partial charge in [-0.15, -0.1) is 0 Å². The molecule has 0 fully saturated rings. The van der Waals surface area contributed by atoms with Crippen LogP contribution >= 0.6 is 0 Å². The zero-order valence-corrected chi connectivity index (χ0v) is 8.95. The molecule has 1 N–H and O–H groups in total. The molecule has 0 saturated carbocycles. The summed E-state index contributed by atoms with van der Waals surface area (Å²) < 4.78 is 0. The summed E-state index contributed by atoms with van der Waals surface area (Å²) in [4.78, 5) is 19.4. The summed E-state index contributed by atoms with van der Waals surface area (Å²) in [6.07, 6.45) is 6.40. The normalized spacial score (nSPS) is 10.4. The van der Waals surface area contributed by atoms with Gasteiger partial charge >= 0.3 is 0 Å². The fourth-order valence-electron chi connectivity index (χ4n) is 1.17. The maximum absolute atomic E-state index is 11.5. The first-order valence-electron chi connectivity index (χ1n) is 5.01. The number of hydrazone groups is 1. The molecule has 1 amide bonds. The summed E-state index contributed by atoms with van der Waals surface area (Å²) in [7, 11) is 0. The van der Waals surface area contributed by atoms with Gasteiger partial charge in [-0.3, -0.25) is 14.8 Å². The average molecular weight is 226 g/mol. The lowest BCUT2D eigenvalue weighted by molar-refractivity contribution is 0.0950. The van der Waals surface area contributed by atoms with E-state index in [0.29, 0.717) is 5.69 Å². The molecule has 5 heteroatoms. The topological polar surface area (TPSA) is 67.2 Å². The van der Waals surface area contributed by atoms with Crippen molar-refractivity contribution in [1.29, 1.82) is 0 Å². The van der Waals surface area contributed by atoms with Gasteiger partial charge in [0.05, 0.1) is 6.21 Å². The summed E-state index contributed by atoms with van der Waals surface area (Å²) in [6, 6.07) is 8.74. The summed E-state index contributed by atoms with van der Waals surface area (Å²) in [5, 5.41) is 3.81. The number of hydrogen-bond acceptors (Lipinski definition) is 4. The SMILES string of the molecule is O=C(N/N=C\c1cccnc1)c1ccccn1. The smallest absolute Gasteiger partial charge is 0.266 e. The molecule has 0 bridgehead atoms. The maximum Gasteiger partial charge on any atom is 0.289 e. The Kier molecular flexibility index (Phi) is 3.54. The summed E-state index contributed by atoms with van der Waals surface area (Å²) in [6.45, 7) is 0. The number of aromatic nitrogens is 2. The van der Waals surface area contributed by atoms with Gasteiger partial charge in [-0.05, 0) is 18.2 Å². The van der Waals surface area contributed by atoms with Crippen LogP contribution in [0.15, 0.2) is 54.0 Å². The first-order chi connectivity index (χ1) is 8.36. The number of hydrogen-bond donors (Lipinski definition) is 1. The van der Waals surface area contributed by atoms with Crippen molar-refractivity contribution in [3.63, 3.8) is 0 Å². The van der Waals surface area contributed by atoms with Crippen LogP contribution in [0.3, 0.4) is 0 Å². The van der Waals surface area contributed by atoms with E-state index in [4.69, 9.17) is 0 Å². The molecule has 0 aromatic carbocycles. The molecular weight excluding hydrogens is 216 g/mol. The third-order valence-electron chi connectivity index (χ3n) is 1.96. The fourth-order valence-corrected chi connectivity index (χ4v) is 1.17. The molecule has 2 rings (SSSR count). The molecule has 0 aliphatic heterocycles. The molecule has 2 aromatic rings. The molecule has 0 radical (unpaired) electrons. The molecule has 0 saturated heterocycles. The number of nitrogens with one attached hydrogen (secondary N) is 1. The lowest BCUT2D eigenvalue weighted by Gasteiger charge is -1.97. The van der Waals surface area contributed by atoms with Gasteiger partial charge < -0.3 is 0 Å². The second-order valence-corrected chi connectivity index (χ2v) is 3.20. The van der Waals surface area contributed by atoms with Gasteiger partial charge in [-0.25, -0.2) is 5.43 Å². The van der Waals surface area contributed by atoms with Crippen LogP contribution in [-0.4, -0.2) is 22.1 Å². The minimum Gasteiger partial charge on any atom is -0.266 e. The standard InChI is InChI=1S/C12H10N4O/c17-12(11-5-1-2-7-14-11)16-15-9-10-4-3-6-13-8-10/h1-9H,(H,16,17)/b15-9-. The predicted octanol–water partition coefficient (Wildman–Crippen LogP) is 1.24. The van der Waals surface area contributed by atoms with Crippen LogP contribution in [0.25, 0.3) is 0 Å². The van der Waals surface area contributed by atoms with Crippen molar-refractivity contribution in [2.24, 2.45) is 5.10 Å². The van der Waals surface area contributed by atoms with E-state index in [1.165, 1.54) is 6.21 Å². The molecule has 0 aliphatic carbocycles. The van der Waals surface area contributed by atoms with Crippen LogP contribution in [0, 0.1) is 0 Å². The summed E-state index contributed by atoms with van der Waals surface area (Å²) >= 11 is 0. The highest BCUT2D eigenvalue weighted by molar-refractivity contribution is 5.92. The first kappa shape index (κ1) is 10.9. The highest BCUT2D eigenvalue weighted by Gasteiger charge is 2.02. The molecular formula is C12H10N4O. The number of rotatable bonds is 3. The second-order valence-electron chi connectivity index (χ2n) is 3.20. The Labute approximate surface area is 98.2 Å². The van der Waals surface area contributed by atoms with E-state index in [2.05, 4.69) is 20.5 Å². The molecule has 84 valence electrons. The van der Waals surface area contributed by atoms with Gasteiger partial charge in [-0.2, -0.15) is 5.10 Å². The lowest BCUT2D eigenvalue weighted by Crippen LogP contribution is -2.18. The van der Waals surface area contributed by atoms with Crippen LogP contribution in [-0.2, 0) is 0 Å². The van der Waals surface area contributed by atoms with E-state index >= 15 is 0 Å². The molecule has 0 unspecified atom stereocenters. The van der Waals surface area contributed by atoms with Crippen molar-refractivity contribution >= 4 is 12.1 Å².